The number of hydrogen-bond acceptors (Lipinski definition) is 5. The van der Waals surface area contributed by atoms with Gasteiger partial charge < -0.3 is 15.0 Å². The van der Waals surface area contributed by atoms with Crippen molar-refractivity contribution in [1.29, 1.82) is 0 Å². The molecule has 0 radical (unpaired) electrons. The Bertz CT molecular complexity index is 1710. The van der Waals surface area contributed by atoms with Crippen molar-refractivity contribution in [3.63, 3.8) is 0 Å². The first-order chi connectivity index (χ1) is 21.5. The van der Waals surface area contributed by atoms with Crippen molar-refractivity contribution < 1.29 is 22.7 Å². The number of carbonyl (C=O) groups is 1. The van der Waals surface area contributed by atoms with Gasteiger partial charge in [0.1, 0.15) is 12.1 Å². The van der Waals surface area contributed by atoms with E-state index in [-0.39, 0.29) is 5.75 Å². The number of aromatic nitrogens is 3. The molecule has 5 rings (SSSR count). The third kappa shape index (κ3) is 8.13. The van der Waals surface area contributed by atoms with Crippen molar-refractivity contribution in [2.45, 2.75) is 46.4 Å². The summed E-state index contributed by atoms with van der Waals surface area (Å²) in [5, 5.41) is 7.94. The smallest absolute Gasteiger partial charge is 0.406 e. The zero-order valence-electron chi connectivity index (χ0n) is 25.3. The summed E-state index contributed by atoms with van der Waals surface area (Å²) in [5.74, 6) is 1.38. The van der Waals surface area contributed by atoms with Gasteiger partial charge in [-0.15, -0.1) is 18.3 Å². The molecule has 1 saturated heterocycles. The van der Waals surface area contributed by atoms with E-state index in [1.54, 1.807) is 18.0 Å². The number of alkyl halides is 3. The van der Waals surface area contributed by atoms with E-state index in [1.807, 2.05) is 31.2 Å². The zero-order chi connectivity index (χ0) is 32.1. The van der Waals surface area contributed by atoms with Gasteiger partial charge in [-0.1, -0.05) is 62.0 Å². The molecule has 1 aromatic heterocycles. The third-order valence-electron chi connectivity index (χ3n) is 7.12. The number of urea groups is 1. The Morgan fingerprint density at radius 1 is 1.09 bits per heavy atom. The molecule has 1 fully saturated rings. The predicted molar refractivity (Wildman–Crippen MR) is 173 cm³/mol. The summed E-state index contributed by atoms with van der Waals surface area (Å²) in [6, 6.07) is 18.9. The van der Waals surface area contributed by atoms with Gasteiger partial charge in [0.25, 0.3) is 0 Å². The lowest BCUT2D eigenvalue weighted by molar-refractivity contribution is -0.274. The number of rotatable bonds is 7. The first kappa shape index (κ1) is 31.8. The van der Waals surface area contributed by atoms with Crippen molar-refractivity contribution in [2.75, 3.05) is 17.2 Å². The second-order valence-corrected chi connectivity index (χ2v) is 11.9. The van der Waals surface area contributed by atoms with Gasteiger partial charge in [-0.05, 0) is 78.8 Å². The minimum absolute atomic E-state index is 0.313. The van der Waals surface area contributed by atoms with Gasteiger partial charge in [0.05, 0.1) is 5.69 Å². The van der Waals surface area contributed by atoms with Crippen LogP contribution in [-0.2, 0) is 0 Å². The highest BCUT2D eigenvalue weighted by Crippen LogP contribution is 2.33. The van der Waals surface area contributed by atoms with E-state index in [4.69, 9.17) is 0 Å². The number of amides is 2. The van der Waals surface area contributed by atoms with Gasteiger partial charge in [0, 0.05) is 29.7 Å². The Hall–Kier alpha value is -4.58. The molecular weight excluding hydrogens is 601 g/mol. The van der Waals surface area contributed by atoms with Gasteiger partial charge >= 0.3 is 12.4 Å². The number of carbonyl (C=O) groups excluding carboxylic acids is 1. The monoisotopic (exact) mass is 634 g/mol. The first-order valence-electron chi connectivity index (χ1n) is 14.4. The molecular formula is C33H33F3N6O2S. The largest absolute Gasteiger partial charge is 0.573 e. The van der Waals surface area contributed by atoms with Crippen molar-refractivity contribution >= 4 is 34.2 Å². The minimum atomic E-state index is -4.75. The molecule has 1 aliphatic heterocycles. The molecule has 0 spiro atoms. The number of ether oxygens (including phenoxy) is 1. The van der Waals surface area contributed by atoms with Gasteiger partial charge in [-0.2, -0.15) is 4.99 Å². The Balaban J connectivity index is 1.24. The summed E-state index contributed by atoms with van der Waals surface area (Å²) in [5.41, 5.74) is 6.51. The topological polar surface area (TPSA) is 84.6 Å². The Morgan fingerprint density at radius 3 is 2.51 bits per heavy atom. The van der Waals surface area contributed by atoms with E-state index in [1.165, 1.54) is 40.8 Å². The van der Waals surface area contributed by atoms with Crippen LogP contribution in [0.1, 0.15) is 49.8 Å². The number of allylic oxidation sites excluding steroid dienone is 1. The van der Waals surface area contributed by atoms with Crippen LogP contribution in [-0.4, -0.2) is 44.6 Å². The average molecular weight is 635 g/mol. The fraction of sp³-hybridized carbons (Fsp3) is 0.273. The van der Waals surface area contributed by atoms with Crippen LogP contribution < -0.4 is 15.0 Å². The van der Waals surface area contributed by atoms with Crippen LogP contribution in [0.5, 0.6) is 5.75 Å². The number of halogens is 3. The number of anilines is 1. The van der Waals surface area contributed by atoms with Gasteiger partial charge in [0.2, 0.25) is 0 Å². The molecule has 12 heteroatoms. The fourth-order valence-electron chi connectivity index (χ4n) is 4.83. The quantitative estimate of drug-likeness (QED) is 0.220. The zero-order valence-corrected chi connectivity index (χ0v) is 26.1. The molecule has 45 heavy (non-hydrogen) atoms. The maximum atomic E-state index is 12.9. The molecule has 2 heterocycles. The summed E-state index contributed by atoms with van der Waals surface area (Å²) in [4.78, 5) is 23.8. The van der Waals surface area contributed by atoms with Crippen LogP contribution in [0.4, 0.5) is 23.7 Å². The lowest BCUT2D eigenvalue weighted by Gasteiger charge is -2.32. The fourth-order valence-corrected chi connectivity index (χ4v) is 5.78. The maximum absolute atomic E-state index is 12.9. The van der Waals surface area contributed by atoms with E-state index < -0.39 is 12.4 Å². The van der Waals surface area contributed by atoms with E-state index in [0.29, 0.717) is 22.6 Å². The molecule has 0 aliphatic carbocycles. The number of hydrogen-bond donors (Lipinski definition) is 1. The van der Waals surface area contributed by atoms with Gasteiger partial charge in [-0.25, -0.2) is 14.5 Å². The Kier molecular flexibility index (Phi) is 9.62. The number of aryl methyl sites for hydroxylation is 1. The summed E-state index contributed by atoms with van der Waals surface area (Å²) in [6.07, 6.45) is -0.614. The molecule has 8 nitrogen and oxygen atoms in total. The van der Waals surface area contributed by atoms with Crippen LogP contribution in [0.15, 0.2) is 84.2 Å². The number of amidine groups is 1. The lowest BCUT2D eigenvalue weighted by Crippen LogP contribution is -2.36. The van der Waals surface area contributed by atoms with E-state index in [2.05, 4.69) is 69.0 Å². The lowest BCUT2D eigenvalue weighted by atomic mass is 9.98. The molecule has 1 N–H and O–H groups in total. The molecule has 1 aliphatic rings. The van der Waals surface area contributed by atoms with Crippen LogP contribution in [0.25, 0.3) is 22.6 Å². The van der Waals surface area contributed by atoms with E-state index in [9.17, 15) is 18.0 Å². The highest BCUT2D eigenvalue weighted by atomic mass is 32.2. The van der Waals surface area contributed by atoms with Crippen LogP contribution in [0.2, 0.25) is 0 Å². The van der Waals surface area contributed by atoms with Gasteiger partial charge in [-0.3, -0.25) is 0 Å². The first-order valence-corrected chi connectivity index (χ1v) is 15.4. The number of benzene rings is 3. The molecule has 0 saturated carbocycles. The van der Waals surface area contributed by atoms with Gasteiger partial charge in [0.15, 0.2) is 11.0 Å². The number of nitrogens with zero attached hydrogens (tertiary/aromatic N) is 5. The summed E-state index contributed by atoms with van der Waals surface area (Å²) in [7, 11) is 0. The molecule has 234 valence electrons. The SMILES string of the molecule is C/C(=C\NC(=O)/N=C1\SCCCN1c1cc(C)ccc1C(C)C)c1ccc(-c2ncn(-c3ccc(OC(F)(F)F)cc3)n2)cc1. The van der Waals surface area contributed by atoms with E-state index in [0.717, 1.165) is 46.7 Å². The van der Waals surface area contributed by atoms with Crippen molar-refractivity contribution in [2.24, 2.45) is 4.99 Å². The number of aliphatic imine (C=N–C) groups is 1. The molecule has 4 aromatic rings. The third-order valence-corrected chi connectivity index (χ3v) is 8.18. The molecule has 0 bridgehead atoms. The van der Waals surface area contributed by atoms with Crippen molar-refractivity contribution in [3.05, 3.63) is 95.9 Å². The average Bonchev–Trinajstić information content (AvgIpc) is 3.50. The standard InChI is InChI=1S/C33H33F3N6O2S/c1-21(2)28-15-6-22(3)18-29(28)41-16-5-17-45-32(41)39-31(43)37-19-23(4)24-7-9-25(10-8-24)30-38-20-42(40-30)26-11-13-27(14-12-26)44-33(34,35)36/h6-15,18-21H,5,16-17H2,1-4H3,(H,37,43)/b23-19+,39-32-. The van der Waals surface area contributed by atoms with Crippen molar-refractivity contribution in [1.82, 2.24) is 20.1 Å². The second kappa shape index (κ2) is 13.6. The van der Waals surface area contributed by atoms with E-state index >= 15 is 0 Å². The van der Waals surface area contributed by atoms with Crippen LogP contribution in [0.3, 0.4) is 0 Å². The summed E-state index contributed by atoms with van der Waals surface area (Å²) >= 11 is 1.59. The Labute approximate surface area is 264 Å². The number of nitrogens with one attached hydrogen (secondary N) is 1. The molecule has 0 atom stereocenters. The summed E-state index contributed by atoms with van der Waals surface area (Å²) in [6.45, 7) is 9.10. The highest BCUT2D eigenvalue weighted by Gasteiger charge is 2.31. The normalized spacial score (nSPS) is 15.1. The summed E-state index contributed by atoms with van der Waals surface area (Å²) < 4.78 is 42.7. The molecule has 0 unspecified atom stereocenters. The van der Waals surface area contributed by atoms with Crippen molar-refractivity contribution in [3.8, 4) is 22.8 Å². The Morgan fingerprint density at radius 2 is 1.82 bits per heavy atom. The van der Waals surface area contributed by atoms with Crippen LogP contribution in [0, 0.1) is 6.92 Å². The number of thioether (sulfide) groups is 1. The molecule has 3 aromatic carbocycles. The predicted octanol–water partition coefficient (Wildman–Crippen LogP) is 8.33. The highest BCUT2D eigenvalue weighted by molar-refractivity contribution is 8.14. The minimum Gasteiger partial charge on any atom is -0.406 e. The molecule has 2 amide bonds. The second-order valence-electron chi connectivity index (χ2n) is 10.9. The van der Waals surface area contributed by atoms with Crippen LogP contribution >= 0.6 is 11.8 Å². The maximum Gasteiger partial charge on any atom is 0.573 e.